The maximum absolute atomic E-state index is 13.7. The minimum atomic E-state index is -0.801. The summed E-state index contributed by atoms with van der Waals surface area (Å²) in [4.78, 5) is 18.7. The van der Waals surface area contributed by atoms with Gasteiger partial charge in [0.25, 0.3) is 0 Å². The second kappa shape index (κ2) is 9.58. The predicted octanol–water partition coefficient (Wildman–Crippen LogP) is 4.56. The molecule has 152 valence electrons. The van der Waals surface area contributed by atoms with E-state index in [-0.39, 0.29) is 6.54 Å². The average molecular weight is 417 g/mol. The van der Waals surface area contributed by atoms with Gasteiger partial charge in [0.1, 0.15) is 28.1 Å². The third-order valence-corrected chi connectivity index (χ3v) is 5.26. The van der Waals surface area contributed by atoms with Gasteiger partial charge in [0.2, 0.25) is 5.91 Å². The Hall–Kier alpha value is -2.84. The van der Waals surface area contributed by atoms with Gasteiger partial charge in [0, 0.05) is 17.5 Å². The number of halogens is 2. The number of nitrogens with one attached hydrogen (secondary N) is 1. The van der Waals surface area contributed by atoms with Crippen molar-refractivity contribution >= 4 is 22.9 Å². The maximum Gasteiger partial charge on any atom is 0.238 e. The van der Waals surface area contributed by atoms with Crippen LogP contribution in [0.4, 0.5) is 14.5 Å². The molecule has 29 heavy (non-hydrogen) atoms. The molecule has 1 N–H and O–H groups in total. The van der Waals surface area contributed by atoms with Gasteiger partial charge >= 0.3 is 0 Å². The first kappa shape index (κ1) is 20.9. The molecule has 0 aliphatic heterocycles. The monoisotopic (exact) mass is 417 g/mol. The Morgan fingerprint density at radius 3 is 2.48 bits per heavy atom. The summed E-state index contributed by atoms with van der Waals surface area (Å²) in [6.45, 7) is 2.95. The van der Waals surface area contributed by atoms with Crippen LogP contribution in [0.1, 0.15) is 12.6 Å². The zero-order valence-corrected chi connectivity index (χ0v) is 16.9. The van der Waals surface area contributed by atoms with Crippen LogP contribution in [0.15, 0.2) is 47.8 Å². The number of anilines is 1. The molecule has 2 aromatic carbocycles. The predicted molar refractivity (Wildman–Crippen MR) is 110 cm³/mol. The van der Waals surface area contributed by atoms with Crippen molar-refractivity contribution in [2.75, 3.05) is 25.5 Å². The van der Waals surface area contributed by atoms with E-state index in [0.29, 0.717) is 13.1 Å². The van der Waals surface area contributed by atoms with E-state index in [4.69, 9.17) is 4.74 Å². The molecule has 0 spiro atoms. The number of hydrogen-bond donors (Lipinski definition) is 1. The molecule has 0 bridgehead atoms. The SMILES string of the molecule is CCN(CC(=O)Nc1c(F)cccc1F)Cc1csc(-c2ccc(OC)cc2)n1. The van der Waals surface area contributed by atoms with E-state index >= 15 is 0 Å². The standard InChI is InChI=1S/C21H21F2N3O2S/c1-3-26(12-19(27)25-20-17(22)5-4-6-18(20)23)11-15-13-29-21(24-15)14-7-9-16(28-2)10-8-14/h4-10,13H,3,11-12H2,1-2H3,(H,25,27). The second-order valence-electron chi connectivity index (χ2n) is 6.32. The van der Waals surface area contributed by atoms with Gasteiger partial charge in [-0.05, 0) is 42.9 Å². The molecular formula is C21H21F2N3O2S. The number of aromatic nitrogens is 1. The fourth-order valence-electron chi connectivity index (χ4n) is 2.75. The molecule has 0 saturated heterocycles. The smallest absolute Gasteiger partial charge is 0.238 e. The number of thiazole rings is 1. The lowest BCUT2D eigenvalue weighted by Gasteiger charge is -2.19. The number of carbonyl (C=O) groups is 1. The first-order valence-corrected chi connectivity index (χ1v) is 9.93. The van der Waals surface area contributed by atoms with Gasteiger partial charge in [-0.2, -0.15) is 0 Å². The molecule has 0 saturated carbocycles. The fourth-order valence-corrected chi connectivity index (χ4v) is 3.57. The number of benzene rings is 2. The lowest BCUT2D eigenvalue weighted by atomic mass is 10.2. The van der Waals surface area contributed by atoms with Crippen molar-refractivity contribution in [1.29, 1.82) is 0 Å². The Labute approximate surface area is 172 Å². The van der Waals surface area contributed by atoms with Gasteiger partial charge in [0.05, 0.1) is 19.3 Å². The summed E-state index contributed by atoms with van der Waals surface area (Å²) in [5, 5.41) is 5.12. The maximum atomic E-state index is 13.7. The average Bonchev–Trinajstić information content (AvgIpc) is 3.19. The number of methoxy groups -OCH3 is 1. The van der Waals surface area contributed by atoms with Crippen molar-refractivity contribution in [3.05, 3.63) is 65.2 Å². The molecule has 1 aromatic heterocycles. The number of para-hydroxylation sites is 1. The summed E-state index contributed by atoms with van der Waals surface area (Å²) in [6, 6.07) is 11.1. The number of rotatable bonds is 8. The van der Waals surface area contributed by atoms with Crippen LogP contribution in [0.2, 0.25) is 0 Å². The van der Waals surface area contributed by atoms with Crippen LogP contribution in [0.25, 0.3) is 10.6 Å². The van der Waals surface area contributed by atoms with Crippen LogP contribution >= 0.6 is 11.3 Å². The van der Waals surface area contributed by atoms with Crippen LogP contribution < -0.4 is 10.1 Å². The summed E-state index contributed by atoms with van der Waals surface area (Å²) in [7, 11) is 1.62. The van der Waals surface area contributed by atoms with Crippen LogP contribution in [0, 0.1) is 11.6 Å². The van der Waals surface area contributed by atoms with E-state index in [1.54, 1.807) is 7.11 Å². The largest absolute Gasteiger partial charge is 0.497 e. The summed E-state index contributed by atoms with van der Waals surface area (Å²) < 4.78 is 32.6. The number of carbonyl (C=O) groups excluding carboxylic acids is 1. The van der Waals surface area contributed by atoms with Crippen molar-refractivity contribution in [2.24, 2.45) is 0 Å². The molecule has 0 unspecified atom stereocenters. The number of amides is 1. The van der Waals surface area contributed by atoms with Gasteiger partial charge in [0.15, 0.2) is 0 Å². The Bertz CT molecular complexity index is 956. The van der Waals surface area contributed by atoms with Crippen molar-refractivity contribution < 1.29 is 18.3 Å². The fraction of sp³-hybridized carbons (Fsp3) is 0.238. The van der Waals surface area contributed by atoms with Gasteiger partial charge in [-0.1, -0.05) is 13.0 Å². The topological polar surface area (TPSA) is 54.5 Å². The molecule has 0 atom stereocenters. The quantitative estimate of drug-likeness (QED) is 0.584. The number of ether oxygens (including phenoxy) is 1. The Morgan fingerprint density at radius 1 is 1.17 bits per heavy atom. The Kier molecular flexibility index (Phi) is 6.90. The number of nitrogens with zero attached hydrogens (tertiary/aromatic N) is 2. The molecule has 5 nitrogen and oxygen atoms in total. The van der Waals surface area contributed by atoms with Crippen LogP contribution in [-0.2, 0) is 11.3 Å². The molecule has 0 aliphatic carbocycles. The summed E-state index contributed by atoms with van der Waals surface area (Å²) in [5.74, 6) is -1.31. The zero-order valence-electron chi connectivity index (χ0n) is 16.1. The molecule has 1 amide bonds. The van der Waals surface area contributed by atoms with E-state index in [2.05, 4.69) is 10.3 Å². The Morgan fingerprint density at radius 2 is 1.86 bits per heavy atom. The van der Waals surface area contributed by atoms with Crippen molar-refractivity contribution in [1.82, 2.24) is 9.88 Å². The number of likely N-dealkylation sites (N-methyl/N-ethyl adjacent to an activating group) is 1. The molecule has 3 rings (SSSR count). The molecule has 3 aromatic rings. The molecule has 8 heteroatoms. The van der Waals surface area contributed by atoms with Crippen molar-refractivity contribution in [3.63, 3.8) is 0 Å². The minimum Gasteiger partial charge on any atom is -0.497 e. The van der Waals surface area contributed by atoms with Crippen molar-refractivity contribution in [3.8, 4) is 16.3 Å². The van der Waals surface area contributed by atoms with E-state index in [9.17, 15) is 13.6 Å². The zero-order chi connectivity index (χ0) is 20.8. The lowest BCUT2D eigenvalue weighted by Crippen LogP contribution is -2.33. The van der Waals surface area contributed by atoms with Crippen LogP contribution in [0.3, 0.4) is 0 Å². The molecular weight excluding hydrogens is 396 g/mol. The lowest BCUT2D eigenvalue weighted by molar-refractivity contribution is -0.117. The highest BCUT2D eigenvalue weighted by molar-refractivity contribution is 7.13. The van der Waals surface area contributed by atoms with E-state index < -0.39 is 23.2 Å². The van der Waals surface area contributed by atoms with Crippen LogP contribution in [-0.4, -0.2) is 36.0 Å². The summed E-state index contributed by atoms with van der Waals surface area (Å²) >= 11 is 1.52. The third kappa shape index (κ3) is 5.36. The van der Waals surface area contributed by atoms with Gasteiger partial charge in [-0.15, -0.1) is 11.3 Å². The van der Waals surface area contributed by atoms with Gasteiger partial charge in [-0.25, -0.2) is 13.8 Å². The molecule has 0 radical (unpaired) electrons. The second-order valence-corrected chi connectivity index (χ2v) is 7.18. The third-order valence-electron chi connectivity index (χ3n) is 4.32. The Balaban J connectivity index is 1.62. The van der Waals surface area contributed by atoms with Gasteiger partial charge < -0.3 is 10.1 Å². The highest BCUT2D eigenvalue weighted by Crippen LogP contribution is 2.26. The van der Waals surface area contributed by atoms with E-state index in [1.165, 1.54) is 17.4 Å². The summed E-state index contributed by atoms with van der Waals surface area (Å²) in [5.41, 5.74) is 1.38. The van der Waals surface area contributed by atoms with E-state index in [1.807, 2.05) is 41.5 Å². The highest BCUT2D eigenvalue weighted by atomic mass is 32.1. The van der Waals surface area contributed by atoms with Crippen molar-refractivity contribution in [2.45, 2.75) is 13.5 Å². The molecule has 0 aliphatic rings. The van der Waals surface area contributed by atoms with Gasteiger partial charge in [-0.3, -0.25) is 9.69 Å². The number of hydrogen-bond acceptors (Lipinski definition) is 5. The van der Waals surface area contributed by atoms with Crippen LogP contribution in [0.5, 0.6) is 5.75 Å². The molecule has 1 heterocycles. The molecule has 0 fully saturated rings. The highest BCUT2D eigenvalue weighted by Gasteiger charge is 2.16. The summed E-state index contributed by atoms with van der Waals surface area (Å²) in [6.07, 6.45) is 0. The van der Waals surface area contributed by atoms with E-state index in [0.717, 1.165) is 34.1 Å². The first-order valence-electron chi connectivity index (χ1n) is 9.05. The minimum absolute atomic E-state index is 0.000327. The first-order chi connectivity index (χ1) is 14.0. The normalized spacial score (nSPS) is 10.9.